The van der Waals surface area contributed by atoms with Gasteiger partial charge in [-0.05, 0) is 36.1 Å². The fraction of sp³-hybridized carbons (Fsp3) is 0.333. The Morgan fingerprint density at radius 3 is 1.90 bits per heavy atom. The van der Waals surface area contributed by atoms with Crippen molar-refractivity contribution in [1.29, 1.82) is 0 Å². The highest BCUT2D eigenvalue weighted by Gasteiger charge is 2.43. The molecule has 2 nitrogen and oxygen atoms in total. The Kier molecular flexibility index (Phi) is 2.61. The van der Waals surface area contributed by atoms with Crippen LogP contribution in [0.2, 0.25) is 0 Å². The molecule has 4 rings (SSSR count). The van der Waals surface area contributed by atoms with Gasteiger partial charge in [0.25, 0.3) is 0 Å². The SMILES string of the molecule is CN1c2ccccc2C2(CCOCC2)c2ccccc21. The zero-order valence-corrected chi connectivity index (χ0v) is 11.8. The van der Waals surface area contributed by atoms with Crippen molar-refractivity contribution >= 4 is 11.4 Å². The van der Waals surface area contributed by atoms with Gasteiger partial charge in [-0.1, -0.05) is 36.4 Å². The standard InChI is InChI=1S/C18H19NO/c1-19-16-8-4-2-6-14(16)18(10-12-20-13-11-18)15-7-3-5-9-17(15)19/h2-9H,10-13H2,1H3. The molecular formula is C18H19NO. The summed E-state index contributed by atoms with van der Waals surface area (Å²) in [5.74, 6) is 0. The lowest BCUT2D eigenvalue weighted by molar-refractivity contribution is 0.0629. The molecule has 2 heterocycles. The van der Waals surface area contributed by atoms with E-state index < -0.39 is 0 Å². The number of ether oxygens (including phenoxy) is 1. The molecule has 0 aromatic heterocycles. The Labute approximate surface area is 120 Å². The van der Waals surface area contributed by atoms with Gasteiger partial charge >= 0.3 is 0 Å². The summed E-state index contributed by atoms with van der Waals surface area (Å²) in [5.41, 5.74) is 5.74. The summed E-state index contributed by atoms with van der Waals surface area (Å²) in [6, 6.07) is 17.7. The molecule has 0 N–H and O–H groups in total. The predicted octanol–water partition coefficient (Wildman–Crippen LogP) is 3.86. The molecule has 1 fully saturated rings. The number of para-hydroxylation sites is 2. The van der Waals surface area contributed by atoms with Gasteiger partial charge in [-0.2, -0.15) is 0 Å². The number of fused-ring (bicyclic) bond motifs is 4. The number of hydrogen-bond acceptors (Lipinski definition) is 2. The smallest absolute Gasteiger partial charge is 0.0477 e. The molecule has 2 aromatic carbocycles. The van der Waals surface area contributed by atoms with E-state index in [1.807, 2.05) is 0 Å². The van der Waals surface area contributed by atoms with Gasteiger partial charge in [-0.15, -0.1) is 0 Å². The van der Waals surface area contributed by atoms with E-state index >= 15 is 0 Å². The first kappa shape index (κ1) is 12.0. The normalized spacial score (nSPS) is 19.6. The maximum Gasteiger partial charge on any atom is 0.0477 e. The molecule has 0 amide bonds. The van der Waals surface area contributed by atoms with Crippen molar-refractivity contribution < 1.29 is 4.74 Å². The predicted molar refractivity (Wildman–Crippen MR) is 81.8 cm³/mol. The minimum absolute atomic E-state index is 0.137. The van der Waals surface area contributed by atoms with Crippen LogP contribution in [-0.4, -0.2) is 20.3 Å². The first-order chi connectivity index (χ1) is 9.83. The minimum Gasteiger partial charge on any atom is -0.381 e. The second kappa shape index (κ2) is 4.35. The summed E-state index contributed by atoms with van der Waals surface area (Å²) in [7, 11) is 2.17. The van der Waals surface area contributed by atoms with Crippen LogP contribution >= 0.6 is 0 Å². The molecule has 2 heteroatoms. The first-order valence-corrected chi connectivity index (χ1v) is 7.33. The van der Waals surface area contributed by atoms with Gasteiger partial charge < -0.3 is 9.64 Å². The van der Waals surface area contributed by atoms with Crippen LogP contribution in [-0.2, 0) is 10.2 Å². The largest absolute Gasteiger partial charge is 0.381 e. The monoisotopic (exact) mass is 265 g/mol. The van der Waals surface area contributed by atoms with Crippen molar-refractivity contribution in [3.8, 4) is 0 Å². The summed E-state index contributed by atoms with van der Waals surface area (Å²) in [6.45, 7) is 1.71. The Hall–Kier alpha value is -1.80. The Balaban J connectivity index is 2.01. The van der Waals surface area contributed by atoms with Gasteiger partial charge in [0.1, 0.15) is 0 Å². The molecule has 0 aliphatic carbocycles. The third kappa shape index (κ3) is 1.49. The lowest BCUT2D eigenvalue weighted by Gasteiger charge is -2.46. The molecule has 20 heavy (non-hydrogen) atoms. The zero-order valence-electron chi connectivity index (χ0n) is 11.8. The molecule has 0 saturated carbocycles. The van der Waals surface area contributed by atoms with Gasteiger partial charge in [-0.3, -0.25) is 0 Å². The number of anilines is 2. The fourth-order valence-corrected chi connectivity index (χ4v) is 3.87. The molecule has 0 bridgehead atoms. The summed E-state index contributed by atoms with van der Waals surface area (Å²) in [4.78, 5) is 2.32. The van der Waals surface area contributed by atoms with Gasteiger partial charge in [0.15, 0.2) is 0 Å². The van der Waals surface area contributed by atoms with Crippen molar-refractivity contribution in [3.05, 3.63) is 59.7 Å². The van der Waals surface area contributed by atoms with Crippen molar-refractivity contribution in [3.63, 3.8) is 0 Å². The van der Waals surface area contributed by atoms with E-state index in [1.54, 1.807) is 0 Å². The fourth-order valence-electron chi connectivity index (χ4n) is 3.87. The first-order valence-electron chi connectivity index (χ1n) is 7.33. The van der Waals surface area contributed by atoms with Crippen LogP contribution < -0.4 is 4.90 Å². The summed E-state index contributed by atoms with van der Waals surface area (Å²) < 4.78 is 5.64. The Morgan fingerprint density at radius 2 is 1.35 bits per heavy atom. The summed E-state index contributed by atoms with van der Waals surface area (Å²) >= 11 is 0. The molecule has 2 aliphatic rings. The summed E-state index contributed by atoms with van der Waals surface area (Å²) in [5, 5.41) is 0. The van der Waals surface area contributed by atoms with E-state index in [0.717, 1.165) is 26.1 Å². The third-order valence-corrected chi connectivity index (χ3v) is 4.91. The van der Waals surface area contributed by atoms with Crippen LogP contribution in [0.1, 0.15) is 24.0 Å². The molecule has 0 atom stereocenters. The maximum atomic E-state index is 5.64. The number of nitrogens with zero attached hydrogens (tertiary/aromatic N) is 1. The highest BCUT2D eigenvalue weighted by atomic mass is 16.5. The van der Waals surface area contributed by atoms with Crippen molar-refractivity contribution in [2.45, 2.75) is 18.3 Å². The average Bonchev–Trinajstić information content (AvgIpc) is 2.54. The second-order valence-electron chi connectivity index (χ2n) is 5.79. The molecular weight excluding hydrogens is 246 g/mol. The molecule has 0 radical (unpaired) electrons. The maximum absolute atomic E-state index is 5.64. The van der Waals surface area contributed by atoms with Gasteiger partial charge in [0.2, 0.25) is 0 Å². The van der Waals surface area contributed by atoms with Crippen molar-refractivity contribution in [2.75, 3.05) is 25.2 Å². The topological polar surface area (TPSA) is 12.5 Å². The van der Waals surface area contributed by atoms with E-state index in [4.69, 9.17) is 4.74 Å². The number of hydrogen-bond donors (Lipinski definition) is 0. The Morgan fingerprint density at radius 1 is 0.850 bits per heavy atom. The van der Waals surface area contributed by atoms with Crippen LogP contribution in [0.15, 0.2) is 48.5 Å². The lowest BCUT2D eigenvalue weighted by atomic mass is 9.66. The van der Waals surface area contributed by atoms with Gasteiger partial charge in [0.05, 0.1) is 0 Å². The van der Waals surface area contributed by atoms with E-state index in [2.05, 4.69) is 60.5 Å². The molecule has 2 aliphatic heterocycles. The van der Waals surface area contributed by atoms with Gasteiger partial charge in [0, 0.05) is 37.1 Å². The molecule has 2 aromatic rings. The van der Waals surface area contributed by atoms with E-state index in [-0.39, 0.29) is 5.41 Å². The lowest BCUT2D eigenvalue weighted by Crippen LogP contribution is -2.40. The van der Waals surface area contributed by atoms with Crippen LogP contribution in [0, 0.1) is 0 Å². The number of rotatable bonds is 0. The minimum atomic E-state index is 0.137. The second-order valence-corrected chi connectivity index (χ2v) is 5.79. The molecule has 1 saturated heterocycles. The van der Waals surface area contributed by atoms with Crippen LogP contribution in [0.5, 0.6) is 0 Å². The molecule has 102 valence electrons. The summed E-state index contributed by atoms with van der Waals surface area (Å²) in [6.07, 6.45) is 2.16. The van der Waals surface area contributed by atoms with E-state index in [0.29, 0.717) is 0 Å². The highest BCUT2D eigenvalue weighted by molar-refractivity contribution is 5.77. The van der Waals surface area contributed by atoms with E-state index in [9.17, 15) is 0 Å². The van der Waals surface area contributed by atoms with Gasteiger partial charge in [-0.25, -0.2) is 0 Å². The van der Waals surface area contributed by atoms with Crippen molar-refractivity contribution in [2.24, 2.45) is 0 Å². The average molecular weight is 265 g/mol. The highest BCUT2D eigenvalue weighted by Crippen LogP contribution is 2.52. The quantitative estimate of drug-likeness (QED) is 0.717. The van der Waals surface area contributed by atoms with Crippen LogP contribution in [0.25, 0.3) is 0 Å². The van der Waals surface area contributed by atoms with Crippen molar-refractivity contribution in [1.82, 2.24) is 0 Å². The Bertz CT molecular complexity index is 594. The zero-order chi connectivity index (χ0) is 13.6. The molecule has 1 spiro atoms. The third-order valence-electron chi connectivity index (χ3n) is 4.91. The number of benzene rings is 2. The van der Waals surface area contributed by atoms with Crippen LogP contribution in [0.3, 0.4) is 0 Å². The van der Waals surface area contributed by atoms with E-state index in [1.165, 1.54) is 22.5 Å². The molecule has 0 unspecified atom stereocenters. The van der Waals surface area contributed by atoms with Crippen LogP contribution in [0.4, 0.5) is 11.4 Å².